The average molecular weight is 459 g/mol. The minimum atomic E-state index is -3.32. The van der Waals surface area contributed by atoms with Crippen molar-refractivity contribution in [2.75, 3.05) is 17.7 Å². The van der Waals surface area contributed by atoms with Gasteiger partial charge in [-0.2, -0.15) is 0 Å². The zero-order chi connectivity index (χ0) is 22.3. The van der Waals surface area contributed by atoms with Gasteiger partial charge in [0.2, 0.25) is 0 Å². The molecule has 2 aromatic rings. The Balaban J connectivity index is 1.71. The summed E-state index contributed by atoms with van der Waals surface area (Å²) in [4.78, 5) is 6.64. The van der Waals surface area contributed by atoms with Crippen LogP contribution in [0.2, 0.25) is 5.02 Å². The predicted molar refractivity (Wildman–Crippen MR) is 122 cm³/mol. The molecule has 0 bridgehead atoms. The minimum absolute atomic E-state index is 0.0237. The van der Waals surface area contributed by atoms with Gasteiger partial charge >= 0.3 is 0 Å². The van der Waals surface area contributed by atoms with Crippen molar-refractivity contribution in [1.82, 2.24) is 0 Å². The van der Waals surface area contributed by atoms with Gasteiger partial charge < -0.3 is 15.1 Å². The second kappa shape index (κ2) is 7.91. The lowest BCUT2D eigenvalue weighted by atomic mass is 9.87. The highest BCUT2D eigenvalue weighted by atomic mass is 35.5. The normalized spacial score (nSPS) is 25.7. The lowest BCUT2D eigenvalue weighted by molar-refractivity contribution is -0.0245. The first-order valence-electron chi connectivity index (χ1n) is 9.80. The summed E-state index contributed by atoms with van der Waals surface area (Å²) in [5.41, 5.74) is -1.30. The quantitative estimate of drug-likeness (QED) is 0.717. The molecule has 2 N–H and O–H groups in total. The van der Waals surface area contributed by atoms with E-state index in [1.165, 1.54) is 12.1 Å². The lowest BCUT2D eigenvalue weighted by Gasteiger charge is -2.32. The van der Waals surface area contributed by atoms with Crippen molar-refractivity contribution in [3.8, 4) is 0 Å². The first-order valence-corrected chi connectivity index (χ1v) is 12.1. The van der Waals surface area contributed by atoms with E-state index in [2.05, 4.69) is 4.99 Å². The number of hydrogen-bond donors (Lipinski definition) is 2. The Labute approximate surface area is 186 Å². The summed E-state index contributed by atoms with van der Waals surface area (Å²) >= 11 is 6.03. The number of hydrogen-bond acceptors (Lipinski definition) is 6. The maximum Gasteiger partial charge on any atom is 0.179 e. The van der Waals surface area contributed by atoms with E-state index in [-0.39, 0.29) is 17.9 Å². The van der Waals surface area contributed by atoms with E-state index in [1.807, 2.05) is 29.2 Å². The number of anilines is 1. The SMILES string of the molecule is CS(=O)(=O)c1ccc(N2CC(O)(CC3(O)C=CC=CC3)N=C2c2ccc(Cl)cc2)cc1. The second-order valence-corrected chi connectivity index (χ2v) is 10.5. The molecule has 2 atom stereocenters. The van der Waals surface area contributed by atoms with E-state index >= 15 is 0 Å². The molecule has 8 heteroatoms. The fourth-order valence-electron chi connectivity index (χ4n) is 3.90. The van der Waals surface area contributed by atoms with Crippen LogP contribution in [0, 0.1) is 0 Å². The highest BCUT2D eigenvalue weighted by molar-refractivity contribution is 7.90. The lowest BCUT2D eigenvalue weighted by Crippen LogP contribution is -2.43. The highest BCUT2D eigenvalue weighted by Gasteiger charge is 2.44. The van der Waals surface area contributed by atoms with Crippen molar-refractivity contribution in [2.24, 2.45) is 4.99 Å². The molecule has 0 spiro atoms. The van der Waals surface area contributed by atoms with E-state index in [9.17, 15) is 18.6 Å². The van der Waals surface area contributed by atoms with Gasteiger partial charge in [0.25, 0.3) is 0 Å². The molecule has 1 aliphatic carbocycles. The number of allylic oxidation sites excluding steroid dienone is 2. The number of amidine groups is 1. The van der Waals surface area contributed by atoms with Gasteiger partial charge in [-0.3, -0.25) is 0 Å². The first kappa shape index (κ1) is 21.8. The van der Waals surface area contributed by atoms with Crippen LogP contribution < -0.4 is 4.90 Å². The average Bonchev–Trinajstić information content (AvgIpc) is 3.05. The van der Waals surface area contributed by atoms with Gasteiger partial charge in [-0.05, 0) is 55.0 Å². The second-order valence-electron chi connectivity index (χ2n) is 8.05. The number of halogens is 1. The molecule has 4 rings (SSSR count). The van der Waals surface area contributed by atoms with Gasteiger partial charge in [-0.1, -0.05) is 35.9 Å². The fourth-order valence-corrected chi connectivity index (χ4v) is 4.65. The number of sulfone groups is 1. The van der Waals surface area contributed by atoms with Gasteiger partial charge in [-0.15, -0.1) is 0 Å². The molecule has 0 aromatic heterocycles. The summed E-state index contributed by atoms with van der Waals surface area (Å²) < 4.78 is 23.6. The molecule has 1 heterocycles. The minimum Gasteiger partial charge on any atom is -0.385 e. The Hall–Kier alpha value is -2.45. The van der Waals surface area contributed by atoms with Crippen molar-refractivity contribution in [1.29, 1.82) is 0 Å². The molecule has 162 valence electrons. The van der Waals surface area contributed by atoms with Crippen molar-refractivity contribution < 1.29 is 18.6 Å². The third-order valence-corrected chi connectivity index (χ3v) is 6.75. The maximum atomic E-state index is 11.8. The van der Waals surface area contributed by atoms with E-state index in [4.69, 9.17) is 11.6 Å². The zero-order valence-corrected chi connectivity index (χ0v) is 18.5. The van der Waals surface area contributed by atoms with Crippen LogP contribution in [-0.2, 0) is 9.84 Å². The van der Waals surface area contributed by atoms with Gasteiger partial charge in [0, 0.05) is 29.0 Å². The molecule has 0 saturated heterocycles. The summed E-state index contributed by atoms with van der Waals surface area (Å²) in [5, 5.41) is 22.8. The molecule has 0 amide bonds. The van der Waals surface area contributed by atoms with Crippen molar-refractivity contribution in [3.63, 3.8) is 0 Å². The Morgan fingerprint density at radius 1 is 1.06 bits per heavy atom. The van der Waals surface area contributed by atoms with E-state index < -0.39 is 21.2 Å². The molecule has 1 aliphatic heterocycles. The Kier molecular flexibility index (Phi) is 5.55. The van der Waals surface area contributed by atoms with E-state index in [0.29, 0.717) is 23.0 Å². The summed E-state index contributed by atoms with van der Waals surface area (Å²) in [6.07, 6.45) is 8.70. The van der Waals surface area contributed by atoms with Crippen LogP contribution in [0.25, 0.3) is 0 Å². The molecule has 6 nitrogen and oxygen atoms in total. The van der Waals surface area contributed by atoms with Crippen LogP contribution in [0.5, 0.6) is 0 Å². The molecular formula is C23H23ClN2O4S. The molecule has 2 aliphatic rings. The molecule has 0 radical (unpaired) electrons. The summed E-state index contributed by atoms with van der Waals surface area (Å²) in [5.74, 6) is 0.519. The number of aliphatic hydroxyl groups is 2. The van der Waals surface area contributed by atoms with Gasteiger partial charge in [0.05, 0.1) is 17.0 Å². The molecule has 2 aromatic carbocycles. The monoisotopic (exact) mass is 458 g/mol. The van der Waals surface area contributed by atoms with Gasteiger partial charge in [-0.25, -0.2) is 13.4 Å². The Morgan fingerprint density at radius 3 is 2.32 bits per heavy atom. The smallest absolute Gasteiger partial charge is 0.179 e. The van der Waals surface area contributed by atoms with Crippen LogP contribution in [0.15, 0.2) is 82.7 Å². The van der Waals surface area contributed by atoms with Gasteiger partial charge in [0.1, 0.15) is 5.84 Å². The third kappa shape index (κ3) is 4.75. The molecule has 31 heavy (non-hydrogen) atoms. The first-order chi connectivity index (χ1) is 14.6. The maximum absolute atomic E-state index is 11.8. The van der Waals surface area contributed by atoms with E-state index in [0.717, 1.165) is 11.8 Å². The Morgan fingerprint density at radius 2 is 1.74 bits per heavy atom. The number of benzene rings is 2. The van der Waals surface area contributed by atoms with E-state index in [1.54, 1.807) is 36.4 Å². The van der Waals surface area contributed by atoms with Crippen LogP contribution in [0.4, 0.5) is 5.69 Å². The summed E-state index contributed by atoms with van der Waals surface area (Å²) in [6, 6.07) is 13.5. The number of nitrogens with zero attached hydrogens (tertiary/aromatic N) is 2. The van der Waals surface area contributed by atoms with Crippen LogP contribution in [-0.4, -0.2) is 48.6 Å². The topological polar surface area (TPSA) is 90.2 Å². The van der Waals surface area contributed by atoms with Gasteiger partial charge in [0.15, 0.2) is 15.6 Å². The third-order valence-electron chi connectivity index (χ3n) is 5.37. The number of rotatable bonds is 5. The zero-order valence-electron chi connectivity index (χ0n) is 16.9. The van der Waals surface area contributed by atoms with Crippen molar-refractivity contribution in [3.05, 3.63) is 83.4 Å². The molecule has 2 unspecified atom stereocenters. The summed E-state index contributed by atoms with van der Waals surface area (Å²) in [7, 11) is -3.32. The Bertz CT molecular complexity index is 1170. The van der Waals surface area contributed by atoms with Crippen molar-refractivity contribution in [2.45, 2.75) is 29.1 Å². The number of aliphatic imine (C=N–C) groups is 1. The highest BCUT2D eigenvalue weighted by Crippen LogP contribution is 2.36. The predicted octanol–water partition coefficient (Wildman–Crippen LogP) is 3.34. The molecule has 0 saturated carbocycles. The van der Waals surface area contributed by atoms with Crippen LogP contribution in [0.1, 0.15) is 18.4 Å². The molecule has 0 fully saturated rings. The van der Waals surface area contributed by atoms with Crippen LogP contribution in [0.3, 0.4) is 0 Å². The summed E-state index contributed by atoms with van der Waals surface area (Å²) in [6.45, 7) is 0.114. The van der Waals surface area contributed by atoms with Crippen molar-refractivity contribution >= 4 is 33.0 Å². The largest absolute Gasteiger partial charge is 0.385 e. The number of β-amino-alcohol motifs (C(OH)–C–C–N with tert-alkyl or cyclic N) is 1. The fraction of sp³-hybridized carbons (Fsp3) is 0.261. The standard InChI is InChI=1S/C23H23ClN2O4S/c1-31(29,30)20-11-9-19(10-12-20)26-16-23(28,15-22(27)13-3-2-4-14-22)25-21(26)17-5-7-18(24)8-6-17/h2-13,27-28H,14-16H2,1H3. The van der Waals surface area contributed by atoms with Crippen LogP contribution >= 0.6 is 11.6 Å². The molecular weight excluding hydrogens is 436 g/mol.